The number of hydrogen-bond acceptors (Lipinski definition) is 1. The quantitative estimate of drug-likeness (QED) is 0.674. The van der Waals surface area contributed by atoms with Crippen LogP contribution in [0.15, 0.2) is 18.2 Å². The molecule has 3 unspecified atom stereocenters. The molecule has 0 bridgehead atoms. The lowest BCUT2D eigenvalue weighted by Crippen LogP contribution is -2.06. The fraction of sp³-hybridized carbons (Fsp3) is 0.647. The topological polar surface area (TPSA) is 12.5 Å². The van der Waals surface area contributed by atoms with Crippen LogP contribution in [0.4, 0.5) is 0 Å². The molecule has 0 aliphatic carbocycles. The van der Waals surface area contributed by atoms with Gasteiger partial charge in [0, 0.05) is 0 Å². The third-order valence-electron chi connectivity index (χ3n) is 4.29. The van der Waals surface area contributed by atoms with Gasteiger partial charge in [-0.25, -0.2) is 0 Å². The van der Waals surface area contributed by atoms with Crippen molar-refractivity contribution in [3.05, 3.63) is 34.9 Å². The van der Waals surface area contributed by atoms with Gasteiger partial charge in [-0.2, -0.15) is 0 Å². The number of benzene rings is 1. The number of hydrogen-bond donors (Lipinski definition) is 0. The summed E-state index contributed by atoms with van der Waals surface area (Å²) in [7, 11) is 0. The molecule has 3 atom stereocenters. The van der Waals surface area contributed by atoms with E-state index < -0.39 is 0 Å². The monoisotopic (exact) mass is 246 g/mol. The Bertz CT molecular complexity index is 397. The maximum Gasteiger partial charge on any atom is 0.0844 e. The molecule has 1 heteroatoms. The van der Waals surface area contributed by atoms with Gasteiger partial charge in [-0.15, -0.1) is 0 Å². The molecule has 0 saturated carbocycles. The molecule has 1 fully saturated rings. The van der Waals surface area contributed by atoms with Gasteiger partial charge in [0.05, 0.1) is 12.2 Å². The Kier molecular flexibility index (Phi) is 4.45. The van der Waals surface area contributed by atoms with Crippen LogP contribution in [0.25, 0.3) is 0 Å². The van der Waals surface area contributed by atoms with Gasteiger partial charge in [-0.05, 0) is 55.2 Å². The summed E-state index contributed by atoms with van der Waals surface area (Å²) in [5.41, 5.74) is 4.56. The predicted molar refractivity (Wildman–Crippen MR) is 77.2 cm³/mol. The molecule has 1 aliphatic heterocycles. The van der Waals surface area contributed by atoms with Crippen molar-refractivity contribution in [3.63, 3.8) is 0 Å². The number of rotatable bonds is 6. The van der Waals surface area contributed by atoms with E-state index in [0.29, 0.717) is 18.1 Å². The van der Waals surface area contributed by atoms with Gasteiger partial charge in [-0.1, -0.05) is 39.0 Å². The summed E-state index contributed by atoms with van der Waals surface area (Å²) in [6, 6.07) is 7.04. The highest BCUT2D eigenvalue weighted by molar-refractivity contribution is 5.35. The summed E-state index contributed by atoms with van der Waals surface area (Å²) in [4.78, 5) is 0. The van der Waals surface area contributed by atoms with Crippen molar-refractivity contribution in [1.29, 1.82) is 0 Å². The molecule has 1 aromatic carbocycles. The van der Waals surface area contributed by atoms with Crippen LogP contribution in [-0.4, -0.2) is 12.2 Å². The van der Waals surface area contributed by atoms with E-state index in [0.717, 1.165) is 12.8 Å². The van der Waals surface area contributed by atoms with Gasteiger partial charge in [0.15, 0.2) is 0 Å². The molecule has 1 nitrogen and oxygen atoms in total. The minimum atomic E-state index is 0.485. The van der Waals surface area contributed by atoms with Crippen molar-refractivity contribution in [3.8, 4) is 0 Å². The Morgan fingerprint density at radius 3 is 2.39 bits per heavy atom. The van der Waals surface area contributed by atoms with Crippen LogP contribution in [0.1, 0.15) is 63.1 Å². The Balaban J connectivity index is 2.21. The Labute approximate surface area is 112 Å². The largest absolute Gasteiger partial charge is 0.370 e. The molecule has 0 N–H and O–H groups in total. The van der Waals surface area contributed by atoms with Crippen LogP contribution in [0.3, 0.4) is 0 Å². The first-order valence-electron chi connectivity index (χ1n) is 7.46. The fourth-order valence-corrected chi connectivity index (χ4v) is 2.84. The van der Waals surface area contributed by atoms with E-state index in [9.17, 15) is 0 Å². The van der Waals surface area contributed by atoms with E-state index in [-0.39, 0.29) is 0 Å². The summed E-state index contributed by atoms with van der Waals surface area (Å²) in [6.07, 6.45) is 5.66. The van der Waals surface area contributed by atoms with E-state index in [4.69, 9.17) is 4.74 Å². The second-order valence-electron chi connectivity index (χ2n) is 5.46. The molecule has 1 heterocycles. The average molecular weight is 246 g/mol. The molecule has 1 aromatic rings. The lowest BCUT2D eigenvalue weighted by molar-refractivity contribution is 0.357. The van der Waals surface area contributed by atoms with E-state index in [1.54, 1.807) is 5.56 Å². The van der Waals surface area contributed by atoms with Crippen molar-refractivity contribution in [2.45, 2.75) is 71.5 Å². The maximum atomic E-state index is 5.60. The highest BCUT2D eigenvalue weighted by Gasteiger charge is 2.36. The fourth-order valence-electron chi connectivity index (χ4n) is 2.84. The normalized spacial score (nSPS) is 24.0. The van der Waals surface area contributed by atoms with Gasteiger partial charge >= 0.3 is 0 Å². The SMILES string of the molecule is CCc1ccc(CC)c(C(CC)CC2OC2C)c1. The van der Waals surface area contributed by atoms with E-state index in [1.807, 2.05) is 0 Å². The Morgan fingerprint density at radius 1 is 1.17 bits per heavy atom. The number of aryl methyl sites for hydroxylation is 2. The lowest BCUT2D eigenvalue weighted by atomic mass is 9.86. The smallest absolute Gasteiger partial charge is 0.0844 e. The van der Waals surface area contributed by atoms with Crippen molar-refractivity contribution in [2.75, 3.05) is 0 Å². The van der Waals surface area contributed by atoms with Crippen LogP contribution in [0.2, 0.25) is 0 Å². The lowest BCUT2D eigenvalue weighted by Gasteiger charge is -2.19. The number of ether oxygens (including phenoxy) is 1. The zero-order valence-electron chi connectivity index (χ0n) is 12.2. The molecule has 0 amide bonds. The summed E-state index contributed by atoms with van der Waals surface area (Å²) >= 11 is 0. The molecule has 0 aromatic heterocycles. The van der Waals surface area contributed by atoms with Crippen molar-refractivity contribution in [1.82, 2.24) is 0 Å². The second-order valence-corrected chi connectivity index (χ2v) is 5.46. The van der Waals surface area contributed by atoms with Gasteiger partial charge in [0.1, 0.15) is 0 Å². The summed E-state index contributed by atoms with van der Waals surface area (Å²) in [6.45, 7) is 8.97. The average Bonchev–Trinajstić information content (AvgIpc) is 3.10. The van der Waals surface area contributed by atoms with E-state index in [1.165, 1.54) is 24.0 Å². The third kappa shape index (κ3) is 2.95. The van der Waals surface area contributed by atoms with Gasteiger partial charge in [0.25, 0.3) is 0 Å². The third-order valence-corrected chi connectivity index (χ3v) is 4.29. The highest BCUT2D eigenvalue weighted by Crippen LogP contribution is 2.36. The van der Waals surface area contributed by atoms with Gasteiger partial charge in [0.2, 0.25) is 0 Å². The van der Waals surface area contributed by atoms with Crippen LogP contribution in [0, 0.1) is 0 Å². The molecule has 1 aliphatic rings. The number of epoxide rings is 1. The van der Waals surface area contributed by atoms with Crippen LogP contribution >= 0.6 is 0 Å². The van der Waals surface area contributed by atoms with E-state index >= 15 is 0 Å². The zero-order valence-corrected chi connectivity index (χ0v) is 12.2. The molecule has 2 rings (SSSR count). The second kappa shape index (κ2) is 5.88. The molecule has 100 valence electrons. The molecule has 0 spiro atoms. The molecular weight excluding hydrogens is 220 g/mol. The molecule has 18 heavy (non-hydrogen) atoms. The molecule has 1 saturated heterocycles. The standard InChI is InChI=1S/C17H26O/c1-5-13-8-9-14(6-2)16(10-13)15(7-3)11-17-12(4)18-17/h8-10,12,15,17H,5-7,11H2,1-4H3. The minimum Gasteiger partial charge on any atom is -0.370 e. The highest BCUT2D eigenvalue weighted by atomic mass is 16.6. The first-order chi connectivity index (χ1) is 8.69. The van der Waals surface area contributed by atoms with Crippen LogP contribution in [0.5, 0.6) is 0 Å². The summed E-state index contributed by atoms with van der Waals surface area (Å²) in [5, 5.41) is 0. The molecular formula is C17H26O. The van der Waals surface area contributed by atoms with Crippen molar-refractivity contribution < 1.29 is 4.74 Å². The van der Waals surface area contributed by atoms with Crippen molar-refractivity contribution in [2.24, 2.45) is 0 Å². The van der Waals surface area contributed by atoms with Gasteiger partial charge in [-0.3, -0.25) is 0 Å². The zero-order chi connectivity index (χ0) is 13.1. The molecule has 0 radical (unpaired) electrons. The van der Waals surface area contributed by atoms with Crippen molar-refractivity contribution >= 4 is 0 Å². The first-order valence-corrected chi connectivity index (χ1v) is 7.46. The Morgan fingerprint density at radius 2 is 1.89 bits per heavy atom. The van der Waals surface area contributed by atoms with Gasteiger partial charge < -0.3 is 4.74 Å². The van der Waals surface area contributed by atoms with E-state index in [2.05, 4.69) is 45.9 Å². The first kappa shape index (κ1) is 13.6. The van der Waals surface area contributed by atoms with Crippen LogP contribution < -0.4 is 0 Å². The van der Waals surface area contributed by atoms with Crippen LogP contribution in [-0.2, 0) is 17.6 Å². The summed E-state index contributed by atoms with van der Waals surface area (Å²) in [5.74, 6) is 0.668. The Hall–Kier alpha value is -0.820. The minimum absolute atomic E-state index is 0.485. The predicted octanol–water partition coefficient (Wildman–Crippen LogP) is 4.48. The maximum absolute atomic E-state index is 5.60. The summed E-state index contributed by atoms with van der Waals surface area (Å²) < 4.78 is 5.60.